The van der Waals surface area contributed by atoms with Crippen LogP contribution in [-0.4, -0.2) is 10.9 Å². The van der Waals surface area contributed by atoms with Gasteiger partial charge in [-0.1, -0.05) is 0 Å². The minimum atomic E-state index is 0.718. The average Bonchev–Trinajstić information content (AvgIpc) is 2.05. The third kappa shape index (κ3) is 2.97. The zero-order chi connectivity index (χ0) is 8.81. The van der Waals surface area contributed by atoms with Crippen molar-refractivity contribution in [3.63, 3.8) is 0 Å². The van der Waals surface area contributed by atoms with Gasteiger partial charge in [-0.15, -0.1) is 0 Å². The molecular weight excluding hydrogens is 322 g/mol. The number of hydrogen-bond donors (Lipinski definition) is 1. The molecule has 0 amide bonds. The summed E-state index contributed by atoms with van der Waals surface area (Å²) in [5, 5.41) is 4.07. The predicted molar refractivity (Wildman–Crippen MR) is 48.4 cm³/mol. The van der Waals surface area contributed by atoms with Gasteiger partial charge in [0.1, 0.15) is 0 Å². The zero-order valence-electron chi connectivity index (χ0n) is 6.34. The Morgan fingerprint density at radius 3 is 3.00 bits per heavy atom. The summed E-state index contributed by atoms with van der Waals surface area (Å²) >= 11 is 1.31. The van der Waals surface area contributed by atoms with Crippen LogP contribution in [0, 0.1) is 0 Å². The Hall–Kier alpha value is -0.952. The summed E-state index contributed by atoms with van der Waals surface area (Å²) in [7, 11) is 0. The molecule has 0 heterocycles. The van der Waals surface area contributed by atoms with E-state index in [2.05, 4.69) is 10.3 Å². The normalized spacial score (nSPS) is 10.0. The fourth-order valence-electron chi connectivity index (χ4n) is 0.732. The third-order valence-electron chi connectivity index (χ3n) is 1.20. The van der Waals surface area contributed by atoms with Crippen molar-refractivity contribution in [3.05, 3.63) is 29.6 Å². The summed E-state index contributed by atoms with van der Waals surface area (Å²) in [4.78, 5) is 3.88. The van der Waals surface area contributed by atoms with E-state index in [4.69, 9.17) is 5.73 Å². The van der Waals surface area contributed by atoms with E-state index in [0.717, 1.165) is 11.4 Å². The van der Waals surface area contributed by atoms with Crippen molar-refractivity contribution in [2.24, 2.45) is 4.99 Å². The number of aliphatic imine (C=N–C) groups is 1. The Kier molecular flexibility index (Phi) is 3.68. The van der Waals surface area contributed by atoms with E-state index in [1.165, 1.54) is 25.7 Å². The Morgan fingerprint density at radius 2 is 2.33 bits per heavy atom. The van der Waals surface area contributed by atoms with Crippen LogP contribution in [0.25, 0.3) is 5.32 Å². The SMILES string of the molecule is Nc1cccc([N-]C=N[CH]=[W])c1. The van der Waals surface area contributed by atoms with Crippen molar-refractivity contribution in [1.82, 2.24) is 0 Å². The first-order chi connectivity index (χ1) is 5.83. The van der Waals surface area contributed by atoms with Gasteiger partial charge in [0.2, 0.25) is 0 Å². The second kappa shape index (κ2) is 4.83. The average molecular weight is 330 g/mol. The van der Waals surface area contributed by atoms with Crippen LogP contribution in [0.4, 0.5) is 11.4 Å². The fourth-order valence-corrected chi connectivity index (χ4v) is 0.928. The van der Waals surface area contributed by atoms with Crippen molar-refractivity contribution >= 4 is 22.2 Å². The Bertz CT molecular complexity index is 296. The van der Waals surface area contributed by atoms with Gasteiger partial charge < -0.3 is 0 Å². The first kappa shape index (κ1) is 9.14. The molecule has 0 bridgehead atoms. The minimum absolute atomic E-state index is 0.718. The van der Waals surface area contributed by atoms with E-state index < -0.39 is 0 Å². The fraction of sp³-hybridized carbons (Fsp3) is 0. The maximum atomic E-state index is 5.55. The molecule has 0 aromatic heterocycles. The number of nitrogens with zero attached hydrogens (tertiary/aromatic N) is 2. The molecule has 12 heavy (non-hydrogen) atoms. The molecule has 0 spiro atoms. The maximum absolute atomic E-state index is 5.55. The van der Waals surface area contributed by atoms with Crippen LogP contribution in [-0.2, 0) is 19.4 Å². The van der Waals surface area contributed by atoms with Crippen LogP contribution < -0.4 is 5.73 Å². The summed E-state index contributed by atoms with van der Waals surface area (Å²) in [6.45, 7) is 0. The van der Waals surface area contributed by atoms with E-state index in [-0.39, 0.29) is 0 Å². The summed E-state index contributed by atoms with van der Waals surface area (Å²) < 4.78 is 1.76. The van der Waals surface area contributed by atoms with Gasteiger partial charge in [0.05, 0.1) is 0 Å². The summed E-state index contributed by atoms with van der Waals surface area (Å²) in [5.74, 6) is 0. The van der Waals surface area contributed by atoms with Crippen LogP contribution in [0.5, 0.6) is 0 Å². The standard InChI is InChI=1S/C8H8N3.W/c1-10-6-11-8-4-2-3-7(9)5-8;/h1-6H,9H2;/q-1;. The Labute approximate surface area is 82.1 Å². The second-order valence-electron chi connectivity index (χ2n) is 2.09. The molecular formula is C8H8N3W-. The molecule has 62 valence electrons. The Morgan fingerprint density at radius 1 is 1.50 bits per heavy atom. The van der Waals surface area contributed by atoms with E-state index in [1.54, 1.807) is 10.6 Å². The summed E-state index contributed by atoms with van der Waals surface area (Å²) in [6.07, 6.45) is 1.52. The number of nitrogens with two attached hydrogens (primary N) is 1. The number of hydrogen-bond acceptors (Lipinski definition) is 2. The van der Waals surface area contributed by atoms with Gasteiger partial charge in [0, 0.05) is 0 Å². The van der Waals surface area contributed by atoms with Gasteiger partial charge in [-0.05, 0) is 0 Å². The van der Waals surface area contributed by atoms with Gasteiger partial charge in [-0.3, -0.25) is 0 Å². The number of nitrogen functional groups attached to an aromatic ring is 1. The molecule has 4 heteroatoms. The molecule has 0 atom stereocenters. The van der Waals surface area contributed by atoms with Crippen molar-refractivity contribution < 1.29 is 19.4 Å². The van der Waals surface area contributed by atoms with Crippen molar-refractivity contribution in [2.75, 3.05) is 5.73 Å². The van der Waals surface area contributed by atoms with Gasteiger partial charge >= 0.3 is 81.9 Å². The van der Waals surface area contributed by atoms with Crippen LogP contribution in [0.1, 0.15) is 0 Å². The monoisotopic (exact) mass is 330 g/mol. The number of rotatable bonds is 3. The van der Waals surface area contributed by atoms with Crippen LogP contribution in [0.3, 0.4) is 0 Å². The molecule has 0 saturated heterocycles. The van der Waals surface area contributed by atoms with Crippen molar-refractivity contribution in [3.8, 4) is 0 Å². The molecule has 2 N–H and O–H groups in total. The number of anilines is 1. The van der Waals surface area contributed by atoms with Crippen molar-refractivity contribution in [1.29, 1.82) is 0 Å². The van der Waals surface area contributed by atoms with Gasteiger partial charge in [0.25, 0.3) is 0 Å². The molecule has 0 aliphatic heterocycles. The molecule has 1 aromatic rings. The number of benzene rings is 1. The molecule has 0 saturated carbocycles. The van der Waals surface area contributed by atoms with Crippen LogP contribution >= 0.6 is 0 Å². The van der Waals surface area contributed by atoms with Crippen molar-refractivity contribution in [2.45, 2.75) is 0 Å². The molecule has 1 aromatic carbocycles. The topological polar surface area (TPSA) is 52.5 Å². The molecule has 0 radical (unpaired) electrons. The Balaban J connectivity index is 2.63. The van der Waals surface area contributed by atoms with Crippen LogP contribution in [0.2, 0.25) is 0 Å². The molecule has 0 aliphatic carbocycles. The predicted octanol–water partition coefficient (Wildman–Crippen LogP) is 1.61. The van der Waals surface area contributed by atoms with E-state index in [1.807, 2.05) is 18.2 Å². The third-order valence-corrected chi connectivity index (χ3v) is 1.64. The molecule has 0 fully saturated rings. The molecule has 3 nitrogen and oxygen atoms in total. The van der Waals surface area contributed by atoms with Gasteiger partial charge in [0.15, 0.2) is 0 Å². The van der Waals surface area contributed by atoms with E-state index in [0.29, 0.717) is 0 Å². The van der Waals surface area contributed by atoms with E-state index in [9.17, 15) is 0 Å². The first-order valence-corrected chi connectivity index (χ1v) is 5.04. The van der Waals surface area contributed by atoms with E-state index >= 15 is 0 Å². The molecule has 1 rings (SSSR count). The summed E-state index contributed by atoms with van der Waals surface area (Å²) in [5.41, 5.74) is 7.10. The zero-order valence-corrected chi connectivity index (χ0v) is 9.28. The van der Waals surface area contributed by atoms with Gasteiger partial charge in [-0.2, -0.15) is 0 Å². The van der Waals surface area contributed by atoms with Gasteiger partial charge in [-0.25, -0.2) is 0 Å². The molecule has 0 unspecified atom stereocenters. The quantitative estimate of drug-likeness (QED) is 0.511. The van der Waals surface area contributed by atoms with Crippen LogP contribution in [0.15, 0.2) is 29.3 Å². The summed E-state index contributed by atoms with van der Waals surface area (Å²) in [6, 6.07) is 7.37. The first-order valence-electron chi connectivity index (χ1n) is 3.34. The second-order valence-corrected chi connectivity index (χ2v) is 2.85. The molecule has 0 aliphatic rings.